The first-order valence-corrected chi connectivity index (χ1v) is 10.4. The first kappa shape index (κ1) is 18.4. The first-order valence-electron chi connectivity index (χ1n) is 8.70. The molecule has 1 aliphatic heterocycles. The van der Waals surface area contributed by atoms with Gasteiger partial charge < -0.3 is 0 Å². The fourth-order valence-corrected chi connectivity index (χ4v) is 4.29. The second kappa shape index (κ2) is 8.37. The van der Waals surface area contributed by atoms with Gasteiger partial charge in [0.1, 0.15) is 0 Å². The number of aliphatic imine (C=N–C) groups is 1. The second-order valence-corrected chi connectivity index (χ2v) is 7.89. The highest BCUT2D eigenvalue weighted by molar-refractivity contribution is 8.18. The number of likely N-dealkylation sites (N-methyl/N-ethyl adjacent to an activating group) is 1. The minimum atomic E-state index is -0.0544. The van der Waals surface area contributed by atoms with Gasteiger partial charge in [-0.05, 0) is 23.4 Å². The third-order valence-corrected chi connectivity index (χ3v) is 5.91. The number of rotatable bonds is 4. The summed E-state index contributed by atoms with van der Waals surface area (Å²) in [5.74, 6) is -0.0544. The van der Waals surface area contributed by atoms with Crippen molar-refractivity contribution in [2.24, 2.45) is 4.99 Å². The number of amidine groups is 1. The SMILES string of the molecule is CN1C(=O)/C(=C/C=C/c2ccccc2)S/C1=N/c1nc(-c2ccccc2)cs1. The molecule has 1 saturated heterocycles. The number of aromatic nitrogens is 1. The average Bonchev–Trinajstić information content (AvgIpc) is 3.30. The van der Waals surface area contributed by atoms with E-state index in [-0.39, 0.29) is 5.91 Å². The van der Waals surface area contributed by atoms with Crippen molar-refractivity contribution in [3.05, 3.63) is 88.7 Å². The van der Waals surface area contributed by atoms with Crippen LogP contribution in [0.25, 0.3) is 17.3 Å². The van der Waals surface area contributed by atoms with Crippen LogP contribution in [0, 0.1) is 0 Å². The third kappa shape index (κ3) is 4.13. The van der Waals surface area contributed by atoms with Gasteiger partial charge in [0.05, 0.1) is 10.6 Å². The standard InChI is InChI=1S/C22H17N3OS2/c1-25-20(26)19(14-8-11-16-9-4-2-5-10-16)28-22(25)24-21-23-18(15-27-21)17-12-6-3-7-13-17/h2-15H,1H3/b11-8+,19-14-,24-22+. The Morgan fingerprint density at radius 1 is 1.04 bits per heavy atom. The maximum Gasteiger partial charge on any atom is 0.266 e. The maximum atomic E-state index is 12.5. The third-order valence-electron chi connectivity index (χ3n) is 4.09. The smallest absolute Gasteiger partial charge is 0.266 e. The van der Waals surface area contributed by atoms with Gasteiger partial charge in [0.2, 0.25) is 5.13 Å². The number of hydrogen-bond donors (Lipinski definition) is 0. The highest BCUT2D eigenvalue weighted by Crippen LogP contribution is 2.33. The second-order valence-electron chi connectivity index (χ2n) is 6.04. The molecule has 0 unspecified atom stereocenters. The molecule has 1 aliphatic rings. The lowest BCUT2D eigenvalue weighted by Gasteiger charge is -2.05. The summed E-state index contributed by atoms with van der Waals surface area (Å²) in [6.45, 7) is 0. The van der Waals surface area contributed by atoms with Crippen LogP contribution < -0.4 is 0 Å². The van der Waals surface area contributed by atoms with Crippen LogP contribution in [0.3, 0.4) is 0 Å². The lowest BCUT2D eigenvalue weighted by Crippen LogP contribution is -2.23. The lowest BCUT2D eigenvalue weighted by molar-refractivity contribution is -0.121. The minimum absolute atomic E-state index is 0.0544. The predicted octanol–water partition coefficient (Wildman–Crippen LogP) is 5.60. The summed E-state index contributed by atoms with van der Waals surface area (Å²) in [5.41, 5.74) is 3.04. The molecule has 138 valence electrons. The van der Waals surface area contributed by atoms with Crippen LogP contribution in [0.15, 0.2) is 88.1 Å². The molecule has 0 bridgehead atoms. The van der Waals surface area contributed by atoms with E-state index in [1.807, 2.05) is 84.3 Å². The largest absolute Gasteiger partial charge is 0.289 e. The van der Waals surface area contributed by atoms with Gasteiger partial charge in [0.25, 0.3) is 5.91 Å². The van der Waals surface area contributed by atoms with E-state index in [0.717, 1.165) is 16.8 Å². The van der Waals surface area contributed by atoms with Crippen molar-refractivity contribution in [1.29, 1.82) is 0 Å². The summed E-state index contributed by atoms with van der Waals surface area (Å²) in [6.07, 6.45) is 5.70. The van der Waals surface area contributed by atoms with E-state index >= 15 is 0 Å². The lowest BCUT2D eigenvalue weighted by atomic mass is 10.2. The van der Waals surface area contributed by atoms with Crippen LogP contribution in [0.2, 0.25) is 0 Å². The van der Waals surface area contributed by atoms with Gasteiger partial charge in [-0.1, -0.05) is 72.8 Å². The monoisotopic (exact) mass is 403 g/mol. The van der Waals surface area contributed by atoms with Gasteiger partial charge in [-0.3, -0.25) is 9.69 Å². The molecule has 2 heterocycles. The van der Waals surface area contributed by atoms with Crippen LogP contribution in [0.4, 0.5) is 5.13 Å². The Labute approximate surface area is 172 Å². The summed E-state index contributed by atoms with van der Waals surface area (Å²) >= 11 is 2.83. The van der Waals surface area contributed by atoms with E-state index in [2.05, 4.69) is 9.98 Å². The summed E-state index contributed by atoms with van der Waals surface area (Å²) in [7, 11) is 1.74. The molecule has 1 amide bonds. The van der Waals surface area contributed by atoms with Crippen molar-refractivity contribution in [2.45, 2.75) is 0 Å². The quantitative estimate of drug-likeness (QED) is 0.533. The van der Waals surface area contributed by atoms with E-state index in [9.17, 15) is 4.79 Å². The van der Waals surface area contributed by atoms with Crippen LogP contribution in [0.5, 0.6) is 0 Å². The normalized spacial score (nSPS) is 17.3. The molecule has 0 radical (unpaired) electrons. The van der Waals surface area contributed by atoms with Crippen LogP contribution in [0.1, 0.15) is 5.56 Å². The molecule has 1 aromatic heterocycles. The van der Waals surface area contributed by atoms with Gasteiger partial charge in [-0.2, -0.15) is 4.99 Å². The van der Waals surface area contributed by atoms with Crippen molar-refractivity contribution in [3.8, 4) is 11.3 Å². The van der Waals surface area contributed by atoms with Gasteiger partial charge in [0, 0.05) is 18.0 Å². The maximum absolute atomic E-state index is 12.5. The highest BCUT2D eigenvalue weighted by Gasteiger charge is 2.30. The molecule has 1 fully saturated rings. The Kier molecular flexibility index (Phi) is 5.50. The fourth-order valence-electron chi connectivity index (χ4n) is 2.62. The number of hydrogen-bond acceptors (Lipinski definition) is 5. The van der Waals surface area contributed by atoms with E-state index in [1.54, 1.807) is 11.9 Å². The van der Waals surface area contributed by atoms with Gasteiger partial charge in [-0.25, -0.2) is 4.98 Å². The molecule has 0 aliphatic carbocycles. The summed E-state index contributed by atoms with van der Waals surface area (Å²) in [4.78, 5) is 23.8. The minimum Gasteiger partial charge on any atom is -0.289 e. The number of allylic oxidation sites excluding steroid dienone is 2. The van der Waals surface area contributed by atoms with Crippen molar-refractivity contribution >= 4 is 45.4 Å². The zero-order chi connectivity index (χ0) is 19.3. The fraction of sp³-hybridized carbons (Fsp3) is 0.0455. The average molecular weight is 404 g/mol. The van der Waals surface area contributed by atoms with E-state index in [1.165, 1.54) is 23.1 Å². The van der Waals surface area contributed by atoms with E-state index in [4.69, 9.17) is 0 Å². The van der Waals surface area contributed by atoms with Crippen LogP contribution in [-0.2, 0) is 4.79 Å². The molecule has 2 aromatic carbocycles. The Morgan fingerprint density at radius 3 is 2.50 bits per heavy atom. The van der Waals surface area contributed by atoms with Crippen molar-refractivity contribution < 1.29 is 4.79 Å². The van der Waals surface area contributed by atoms with E-state index in [0.29, 0.717) is 15.2 Å². The number of benzene rings is 2. The van der Waals surface area contributed by atoms with Crippen LogP contribution in [-0.4, -0.2) is 28.0 Å². The Hall–Kier alpha value is -2.96. The first-order chi connectivity index (χ1) is 13.7. The zero-order valence-corrected chi connectivity index (χ0v) is 16.8. The Balaban J connectivity index is 1.51. The topological polar surface area (TPSA) is 45.6 Å². The number of carbonyl (C=O) groups is 1. The van der Waals surface area contributed by atoms with Gasteiger partial charge in [-0.15, -0.1) is 11.3 Å². The molecule has 0 N–H and O–H groups in total. The molecule has 6 heteroatoms. The number of thioether (sulfide) groups is 1. The molecule has 28 heavy (non-hydrogen) atoms. The predicted molar refractivity (Wildman–Crippen MR) is 119 cm³/mol. The molecule has 0 saturated carbocycles. The van der Waals surface area contributed by atoms with Crippen molar-refractivity contribution in [3.63, 3.8) is 0 Å². The molecular formula is C22H17N3OS2. The Morgan fingerprint density at radius 2 is 1.75 bits per heavy atom. The molecule has 4 rings (SSSR count). The summed E-state index contributed by atoms with van der Waals surface area (Å²) < 4.78 is 0. The number of thiazole rings is 1. The van der Waals surface area contributed by atoms with Crippen molar-refractivity contribution in [1.82, 2.24) is 9.88 Å². The summed E-state index contributed by atoms with van der Waals surface area (Å²) in [6, 6.07) is 20.0. The molecule has 4 nitrogen and oxygen atoms in total. The molecule has 3 aromatic rings. The molecule has 0 atom stereocenters. The van der Waals surface area contributed by atoms with Crippen LogP contribution >= 0.6 is 23.1 Å². The van der Waals surface area contributed by atoms with Gasteiger partial charge in [0.15, 0.2) is 5.17 Å². The molecule has 0 spiro atoms. The number of amides is 1. The zero-order valence-electron chi connectivity index (χ0n) is 15.1. The van der Waals surface area contributed by atoms with E-state index < -0.39 is 0 Å². The van der Waals surface area contributed by atoms with Gasteiger partial charge >= 0.3 is 0 Å². The van der Waals surface area contributed by atoms with Crippen molar-refractivity contribution in [2.75, 3.05) is 7.05 Å². The number of nitrogens with zero attached hydrogens (tertiary/aromatic N) is 3. The number of carbonyl (C=O) groups excluding carboxylic acids is 1. The molecular weight excluding hydrogens is 386 g/mol. The highest BCUT2D eigenvalue weighted by atomic mass is 32.2. The Bertz CT molecular complexity index is 1070. The summed E-state index contributed by atoms with van der Waals surface area (Å²) in [5, 5.41) is 3.26.